The fraction of sp³-hybridized carbons (Fsp3) is 0.588. The molecule has 1 amide bonds. The van der Waals surface area contributed by atoms with Crippen LogP contribution < -0.4 is 5.32 Å². The number of fused-ring (bicyclic) bond motifs is 1. The summed E-state index contributed by atoms with van der Waals surface area (Å²) in [6, 6.07) is 5.67. The van der Waals surface area contributed by atoms with E-state index >= 15 is 0 Å². The lowest BCUT2D eigenvalue weighted by Crippen LogP contribution is -2.45. The highest BCUT2D eigenvalue weighted by Crippen LogP contribution is 2.32. The molecular formula is C17H24N2O2. The number of aromatic hydroxyl groups is 1. The summed E-state index contributed by atoms with van der Waals surface area (Å²) in [4.78, 5) is 14.4. The van der Waals surface area contributed by atoms with Crippen molar-refractivity contribution >= 4 is 5.91 Å². The first-order valence-electron chi connectivity index (χ1n) is 8.02. The number of carbonyl (C=O) groups excluding carboxylic acids is 1. The summed E-state index contributed by atoms with van der Waals surface area (Å²) in [5, 5.41) is 13.1. The Labute approximate surface area is 126 Å². The van der Waals surface area contributed by atoms with E-state index in [1.165, 1.54) is 11.1 Å². The van der Waals surface area contributed by atoms with Crippen molar-refractivity contribution in [2.45, 2.75) is 51.1 Å². The van der Waals surface area contributed by atoms with Gasteiger partial charge in [-0.2, -0.15) is 0 Å². The first-order valence-corrected chi connectivity index (χ1v) is 8.02. The van der Waals surface area contributed by atoms with Gasteiger partial charge in [0.1, 0.15) is 5.75 Å². The Kier molecular flexibility index (Phi) is 4.15. The van der Waals surface area contributed by atoms with Gasteiger partial charge in [-0.1, -0.05) is 6.07 Å². The normalized spacial score (nSPS) is 22.9. The van der Waals surface area contributed by atoms with Gasteiger partial charge < -0.3 is 10.0 Å². The maximum absolute atomic E-state index is 12.4. The third-order valence-corrected chi connectivity index (χ3v) is 4.68. The fourth-order valence-corrected chi connectivity index (χ4v) is 3.56. The average molecular weight is 288 g/mol. The number of rotatable bonds is 3. The number of phenolic OH excluding ortho intramolecular Hbond substituents is 1. The van der Waals surface area contributed by atoms with Crippen molar-refractivity contribution in [3.63, 3.8) is 0 Å². The molecule has 1 aliphatic heterocycles. The minimum atomic E-state index is -0.146. The maximum atomic E-state index is 12.4. The smallest absolute Gasteiger partial charge is 0.239 e. The molecule has 21 heavy (non-hydrogen) atoms. The van der Waals surface area contributed by atoms with Crippen LogP contribution in [0.15, 0.2) is 18.2 Å². The summed E-state index contributed by atoms with van der Waals surface area (Å²) in [6.45, 7) is 3.77. The second-order valence-corrected chi connectivity index (χ2v) is 6.25. The average Bonchev–Trinajstić information content (AvgIpc) is 3.00. The van der Waals surface area contributed by atoms with E-state index in [0.29, 0.717) is 5.75 Å². The summed E-state index contributed by atoms with van der Waals surface area (Å²) in [6.07, 6.45) is 5.42. The van der Waals surface area contributed by atoms with Crippen LogP contribution in [0, 0.1) is 0 Å². The van der Waals surface area contributed by atoms with E-state index in [4.69, 9.17) is 0 Å². The van der Waals surface area contributed by atoms with E-state index in [9.17, 15) is 9.90 Å². The SMILES string of the molecule is CC(NC1CCCc2cc(O)ccc21)C(=O)N1CCCC1. The molecule has 1 fully saturated rings. The number of nitrogens with one attached hydrogen (secondary N) is 1. The van der Waals surface area contributed by atoms with Gasteiger partial charge in [0.2, 0.25) is 5.91 Å². The third-order valence-electron chi connectivity index (χ3n) is 4.68. The molecule has 2 unspecified atom stereocenters. The third kappa shape index (κ3) is 3.05. The molecule has 0 radical (unpaired) electrons. The first kappa shape index (κ1) is 14.4. The van der Waals surface area contributed by atoms with Gasteiger partial charge in [0.25, 0.3) is 0 Å². The topological polar surface area (TPSA) is 52.6 Å². The number of aryl methyl sites for hydroxylation is 1. The summed E-state index contributed by atoms with van der Waals surface area (Å²) >= 11 is 0. The highest BCUT2D eigenvalue weighted by atomic mass is 16.3. The highest BCUT2D eigenvalue weighted by Gasteiger charge is 2.27. The Morgan fingerprint density at radius 2 is 2.10 bits per heavy atom. The summed E-state index contributed by atoms with van der Waals surface area (Å²) in [5.74, 6) is 0.550. The molecule has 0 aromatic heterocycles. The molecule has 1 aromatic rings. The molecular weight excluding hydrogens is 264 g/mol. The van der Waals surface area contributed by atoms with Crippen molar-refractivity contribution in [3.8, 4) is 5.75 Å². The summed E-state index contributed by atoms with van der Waals surface area (Å²) in [5.41, 5.74) is 2.44. The molecule has 1 aromatic carbocycles. The van der Waals surface area contributed by atoms with Crippen LogP contribution in [0.2, 0.25) is 0 Å². The molecule has 0 spiro atoms. The molecule has 3 rings (SSSR count). The van der Waals surface area contributed by atoms with Gasteiger partial charge in [-0.3, -0.25) is 10.1 Å². The number of benzene rings is 1. The monoisotopic (exact) mass is 288 g/mol. The Hall–Kier alpha value is -1.55. The van der Waals surface area contributed by atoms with Crippen LogP contribution in [0.1, 0.15) is 49.8 Å². The Balaban J connectivity index is 1.69. The lowest BCUT2D eigenvalue weighted by molar-refractivity contribution is -0.132. The van der Waals surface area contributed by atoms with Crippen LogP contribution in [0.5, 0.6) is 5.75 Å². The largest absolute Gasteiger partial charge is 0.508 e. The number of carbonyl (C=O) groups is 1. The van der Waals surface area contributed by atoms with E-state index < -0.39 is 0 Å². The van der Waals surface area contributed by atoms with E-state index in [0.717, 1.165) is 45.2 Å². The lowest BCUT2D eigenvalue weighted by atomic mass is 9.87. The number of likely N-dealkylation sites (tertiary alicyclic amines) is 1. The van der Waals surface area contributed by atoms with Crippen LogP contribution in [-0.4, -0.2) is 35.0 Å². The van der Waals surface area contributed by atoms with Gasteiger partial charge in [-0.25, -0.2) is 0 Å². The van der Waals surface area contributed by atoms with E-state index in [1.54, 1.807) is 6.07 Å². The van der Waals surface area contributed by atoms with Crippen molar-refractivity contribution in [2.24, 2.45) is 0 Å². The molecule has 0 bridgehead atoms. The predicted molar refractivity (Wildman–Crippen MR) is 82.2 cm³/mol. The summed E-state index contributed by atoms with van der Waals surface area (Å²) < 4.78 is 0. The molecule has 2 N–H and O–H groups in total. The minimum Gasteiger partial charge on any atom is -0.508 e. The van der Waals surface area contributed by atoms with E-state index in [2.05, 4.69) is 5.32 Å². The quantitative estimate of drug-likeness (QED) is 0.898. The molecule has 4 nitrogen and oxygen atoms in total. The predicted octanol–water partition coefficient (Wildman–Crippen LogP) is 2.37. The van der Waals surface area contributed by atoms with Crippen LogP contribution in [0.3, 0.4) is 0 Å². The lowest BCUT2D eigenvalue weighted by Gasteiger charge is -2.30. The van der Waals surface area contributed by atoms with Crippen molar-refractivity contribution in [2.75, 3.05) is 13.1 Å². The molecule has 0 saturated carbocycles. The molecule has 1 saturated heterocycles. The van der Waals surface area contributed by atoms with Crippen LogP contribution >= 0.6 is 0 Å². The molecule has 2 aliphatic rings. The number of phenols is 1. The first-order chi connectivity index (χ1) is 10.1. The van der Waals surface area contributed by atoms with Gasteiger partial charge in [0, 0.05) is 19.1 Å². The number of amides is 1. The standard InChI is InChI=1S/C17H24N2O2/c1-12(17(21)19-9-2-3-10-19)18-16-6-4-5-13-11-14(20)7-8-15(13)16/h7-8,11-12,16,18,20H,2-6,9-10H2,1H3. The van der Waals surface area contributed by atoms with Gasteiger partial charge in [0.05, 0.1) is 6.04 Å². The van der Waals surface area contributed by atoms with E-state index in [-0.39, 0.29) is 18.0 Å². The van der Waals surface area contributed by atoms with Crippen LogP contribution in [0.4, 0.5) is 0 Å². The molecule has 1 aliphatic carbocycles. The fourth-order valence-electron chi connectivity index (χ4n) is 3.56. The van der Waals surface area contributed by atoms with Crippen molar-refractivity contribution in [3.05, 3.63) is 29.3 Å². The number of hydrogen-bond donors (Lipinski definition) is 2. The Morgan fingerprint density at radius 3 is 2.86 bits per heavy atom. The highest BCUT2D eigenvalue weighted by molar-refractivity contribution is 5.81. The van der Waals surface area contributed by atoms with E-state index in [1.807, 2.05) is 24.0 Å². The van der Waals surface area contributed by atoms with Gasteiger partial charge in [0.15, 0.2) is 0 Å². The van der Waals surface area contributed by atoms with Gasteiger partial charge in [-0.05, 0) is 62.3 Å². The second kappa shape index (κ2) is 6.06. The van der Waals surface area contributed by atoms with Crippen LogP contribution in [0.25, 0.3) is 0 Å². The van der Waals surface area contributed by atoms with Crippen molar-refractivity contribution < 1.29 is 9.90 Å². The van der Waals surface area contributed by atoms with Crippen molar-refractivity contribution in [1.82, 2.24) is 10.2 Å². The molecule has 4 heteroatoms. The minimum absolute atomic E-state index is 0.146. The van der Waals surface area contributed by atoms with Crippen LogP contribution in [-0.2, 0) is 11.2 Å². The maximum Gasteiger partial charge on any atom is 0.239 e. The Bertz CT molecular complexity index is 524. The zero-order chi connectivity index (χ0) is 14.8. The van der Waals surface area contributed by atoms with Gasteiger partial charge in [-0.15, -0.1) is 0 Å². The number of hydrogen-bond acceptors (Lipinski definition) is 3. The molecule has 1 heterocycles. The second-order valence-electron chi connectivity index (χ2n) is 6.25. The molecule has 114 valence electrons. The number of nitrogens with zero attached hydrogens (tertiary/aromatic N) is 1. The van der Waals surface area contributed by atoms with Gasteiger partial charge >= 0.3 is 0 Å². The summed E-state index contributed by atoms with van der Waals surface area (Å²) in [7, 11) is 0. The zero-order valence-electron chi connectivity index (χ0n) is 12.6. The molecule has 2 atom stereocenters. The Morgan fingerprint density at radius 1 is 1.33 bits per heavy atom. The zero-order valence-corrected chi connectivity index (χ0v) is 12.6. The van der Waals surface area contributed by atoms with Crippen molar-refractivity contribution in [1.29, 1.82) is 0 Å².